The summed E-state index contributed by atoms with van der Waals surface area (Å²) in [5, 5.41) is 48.0. The fourth-order valence-corrected chi connectivity index (χ4v) is 9.39. The molecule has 5 rings (SSSR count). The van der Waals surface area contributed by atoms with Crippen molar-refractivity contribution >= 4 is 87.4 Å². The largest absolute Gasteiger partial charge is 0.394 e. The first-order valence-electron chi connectivity index (χ1n) is 24.9. The van der Waals surface area contributed by atoms with Crippen molar-refractivity contribution in [2.75, 3.05) is 50.9 Å². The molecule has 2 fully saturated rings. The van der Waals surface area contributed by atoms with Crippen LogP contribution < -0.4 is 53.2 Å². The van der Waals surface area contributed by atoms with E-state index in [1.54, 1.807) is 52.1 Å². The fraction of sp³-hybridized carbons (Fsp3) is 0.520. The Bertz CT molecular complexity index is 2560. The standard InChI is InChI=1S/C50H70N12O12S/c1-7-26(2)42-47(72)55-23-40(67)57-35(25-75-49-27(3)32-11-8-9-12-33(32)59-49)45(70)58-34(19-38(65)52-20-30-14-16-31(17-15-30)56-44(69)29(5)51-6)50(74)62-18-10-13-36(62)46(71)61-43(28(4)37(64)24-63)48(73)54-21-39(66)53-22-41(68)60-42/h8-9,11-12,14-17,26,28-29,34-37,42-43,51,59,63-64H,7,10,13,18-25H2,1-6H3,(H,52,65)(H,53,66)(H,54,73)(H,55,72)(H,56,69)(H,57,67)(H,58,70)(H,60,68)(H,61,71)/t26?,28-,29?,34?,35-,36?,37?,42?,43?/m0/s1. The normalized spacial score (nSPS) is 22.6. The number of likely N-dealkylation sites (N-methyl/N-ethyl adjacent to an activating group) is 1. The van der Waals surface area contributed by atoms with E-state index < -0.39 is 140 Å². The minimum absolute atomic E-state index is 0.0205. The van der Waals surface area contributed by atoms with Crippen molar-refractivity contribution in [1.29, 1.82) is 0 Å². The lowest BCUT2D eigenvalue weighted by Crippen LogP contribution is -2.60. The van der Waals surface area contributed by atoms with Crippen molar-refractivity contribution in [2.45, 2.75) is 114 Å². The van der Waals surface area contributed by atoms with Gasteiger partial charge in [0.15, 0.2) is 0 Å². The van der Waals surface area contributed by atoms with Crippen molar-refractivity contribution in [1.82, 2.24) is 57.7 Å². The molecular formula is C50H70N12O12S. The lowest BCUT2D eigenvalue weighted by atomic mass is 9.94. The van der Waals surface area contributed by atoms with Crippen LogP contribution in [0.25, 0.3) is 10.9 Å². The number of carbonyl (C=O) groups is 10. The molecule has 24 nitrogen and oxygen atoms in total. The summed E-state index contributed by atoms with van der Waals surface area (Å²) in [6.07, 6.45) is -1.40. The molecule has 0 bridgehead atoms. The summed E-state index contributed by atoms with van der Waals surface area (Å²) in [4.78, 5) is 141. The van der Waals surface area contributed by atoms with Gasteiger partial charge in [-0.2, -0.15) is 0 Å². The maximum atomic E-state index is 14.8. The summed E-state index contributed by atoms with van der Waals surface area (Å²) in [7, 11) is 1.65. The number of hydrogen-bond donors (Lipinski definition) is 13. The lowest BCUT2D eigenvalue weighted by Gasteiger charge is -2.32. The molecule has 9 atom stereocenters. The minimum atomic E-state index is -1.64. The van der Waals surface area contributed by atoms with E-state index in [0.717, 1.165) is 21.4 Å². The van der Waals surface area contributed by atoms with Gasteiger partial charge in [-0.05, 0) is 69.0 Å². The highest BCUT2D eigenvalue weighted by atomic mass is 32.2. The van der Waals surface area contributed by atoms with E-state index in [1.807, 2.05) is 31.2 Å². The molecule has 10 amide bonds. The van der Waals surface area contributed by atoms with Crippen molar-refractivity contribution < 1.29 is 58.2 Å². The molecule has 0 spiro atoms. The summed E-state index contributed by atoms with van der Waals surface area (Å²) in [5.41, 5.74) is 2.82. The number of aliphatic hydroxyl groups excluding tert-OH is 2. The summed E-state index contributed by atoms with van der Waals surface area (Å²) < 4.78 is 0. The molecular weight excluding hydrogens is 993 g/mol. The number of anilines is 1. The Balaban J connectivity index is 1.48. The number of nitrogens with zero attached hydrogens (tertiary/aromatic N) is 1. The average Bonchev–Trinajstić information content (AvgIpc) is 4.03. The molecule has 1 aromatic heterocycles. The number of aromatic nitrogens is 1. The Morgan fingerprint density at radius 3 is 2.11 bits per heavy atom. The van der Waals surface area contributed by atoms with Gasteiger partial charge in [-0.25, -0.2) is 0 Å². The van der Waals surface area contributed by atoms with Gasteiger partial charge in [0.05, 0.1) is 49.8 Å². The molecule has 2 saturated heterocycles. The van der Waals surface area contributed by atoms with E-state index >= 15 is 0 Å². The van der Waals surface area contributed by atoms with Gasteiger partial charge >= 0.3 is 0 Å². The summed E-state index contributed by atoms with van der Waals surface area (Å²) >= 11 is 1.19. The number of nitrogens with one attached hydrogen (secondary N) is 11. The third-order valence-corrected chi connectivity index (χ3v) is 14.5. The van der Waals surface area contributed by atoms with Crippen LogP contribution in [0.15, 0.2) is 53.6 Å². The number of amides is 10. The quantitative estimate of drug-likeness (QED) is 0.0744. The molecule has 7 unspecified atom stereocenters. The number of hydrogen-bond acceptors (Lipinski definition) is 14. The van der Waals surface area contributed by atoms with Crippen molar-refractivity contribution in [2.24, 2.45) is 11.8 Å². The number of carbonyl (C=O) groups excluding carboxylic acids is 10. The molecule has 75 heavy (non-hydrogen) atoms. The third-order valence-electron chi connectivity index (χ3n) is 13.4. The predicted molar refractivity (Wildman–Crippen MR) is 277 cm³/mol. The second kappa shape index (κ2) is 28.0. The molecule has 2 aromatic carbocycles. The number of thioether (sulfide) groups is 1. The zero-order chi connectivity index (χ0) is 54.9. The molecule has 0 radical (unpaired) electrons. The second-order valence-electron chi connectivity index (χ2n) is 18.7. The van der Waals surface area contributed by atoms with Gasteiger partial charge in [0, 0.05) is 41.4 Å². The van der Waals surface area contributed by atoms with E-state index in [1.165, 1.54) is 18.7 Å². The first-order valence-corrected chi connectivity index (χ1v) is 25.9. The number of para-hydroxylation sites is 1. The topological polar surface area (TPSA) is 350 Å². The first kappa shape index (κ1) is 58.8. The van der Waals surface area contributed by atoms with Crippen LogP contribution in [0.1, 0.15) is 64.5 Å². The number of aliphatic hydroxyl groups is 2. The molecule has 3 heterocycles. The van der Waals surface area contributed by atoms with E-state index in [-0.39, 0.29) is 37.6 Å². The number of aromatic amines is 1. The summed E-state index contributed by atoms with van der Waals surface area (Å²) in [6, 6.07) is 6.67. The lowest BCUT2D eigenvalue weighted by molar-refractivity contribution is -0.144. The molecule has 25 heteroatoms. The zero-order valence-corrected chi connectivity index (χ0v) is 43.7. The Morgan fingerprint density at radius 1 is 0.787 bits per heavy atom. The molecule has 408 valence electrons. The van der Waals surface area contributed by atoms with Gasteiger partial charge in [-0.3, -0.25) is 47.9 Å². The summed E-state index contributed by atoms with van der Waals surface area (Å²) in [6.45, 7) is 5.63. The number of H-pyrrole nitrogens is 1. The van der Waals surface area contributed by atoms with Crippen LogP contribution in [0.4, 0.5) is 5.69 Å². The third kappa shape index (κ3) is 16.5. The SMILES string of the molecule is CCC(C)C1NC(=O)CNC(=O)CNC(=O)C([C@@H](C)C(O)CO)NC(=O)C2CCCN2C(=O)C(CC(=O)NCc2ccc(NC(=O)C(C)NC)cc2)NC(=O)[C@H](CSc2[nH]c3ccccc3c2C)NC(=O)CNC1=O. The Hall–Kier alpha value is -7.09. The maximum Gasteiger partial charge on any atom is 0.246 e. The molecule has 3 aromatic rings. The monoisotopic (exact) mass is 1060 g/mol. The first-order chi connectivity index (χ1) is 35.7. The van der Waals surface area contributed by atoms with E-state index in [2.05, 4.69) is 58.2 Å². The van der Waals surface area contributed by atoms with Gasteiger partial charge in [0.2, 0.25) is 59.1 Å². The molecule has 0 saturated carbocycles. The highest BCUT2D eigenvalue weighted by molar-refractivity contribution is 7.99. The second-order valence-corrected chi connectivity index (χ2v) is 19.8. The van der Waals surface area contributed by atoms with Crippen LogP contribution in [-0.2, 0) is 54.5 Å². The van der Waals surface area contributed by atoms with Gasteiger partial charge in [0.25, 0.3) is 0 Å². The number of rotatable bonds is 15. The van der Waals surface area contributed by atoms with Crippen molar-refractivity contribution in [3.05, 3.63) is 59.7 Å². The molecule has 2 aliphatic heterocycles. The molecule has 2 aliphatic rings. The maximum absolute atomic E-state index is 14.8. The van der Waals surface area contributed by atoms with E-state index in [9.17, 15) is 58.2 Å². The Labute approximate surface area is 438 Å². The Morgan fingerprint density at radius 2 is 1.44 bits per heavy atom. The van der Waals surface area contributed by atoms with Crippen LogP contribution >= 0.6 is 11.8 Å². The number of benzene rings is 2. The number of fused-ring (bicyclic) bond motifs is 2. The zero-order valence-electron chi connectivity index (χ0n) is 42.9. The fourth-order valence-electron chi connectivity index (χ4n) is 8.31. The van der Waals surface area contributed by atoms with Crippen LogP contribution in [0.3, 0.4) is 0 Å². The molecule has 13 N–H and O–H groups in total. The predicted octanol–water partition coefficient (Wildman–Crippen LogP) is -1.85. The van der Waals surface area contributed by atoms with Crippen LogP contribution in [-0.4, -0.2) is 167 Å². The van der Waals surface area contributed by atoms with Crippen molar-refractivity contribution in [3.63, 3.8) is 0 Å². The Kier molecular flexibility index (Phi) is 21.9. The van der Waals surface area contributed by atoms with Gasteiger partial charge in [-0.15, -0.1) is 11.8 Å². The van der Waals surface area contributed by atoms with Gasteiger partial charge in [0.1, 0.15) is 30.2 Å². The smallest absolute Gasteiger partial charge is 0.246 e. The molecule has 0 aliphatic carbocycles. The number of aryl methyl sites for hydroxylation is 1. The average molecular weight is 1060 g/mol. The van der Waals surface area contributed by atoms with Crippen LogP contribution in [0.2, 0.25) is 0 Å². The highest BCUT2D eigenvalue weighted by Gasteiger charge is 2.42. The highest BCUT2D eigenvalue weighted by Crippen LogP contribution is 2.29. The minimum Gasteiger partial charge on any atom is -0.394 e. The van der Waals surface area contributed by atoms with Gasteiger partial charge in [-0.1, -0.05) is 57.5 Å². The van der Waals surface area contributed by atoms with Crippen LogP contribution in [0.5, 0.6) is 0 Å². The van der Waals surface area contributed by atoms with Crippen LogP contribution in [0, 0.1) is 18.8 Å². The van der Waals surface area contributed by atoms with E-state index in [4.69, 9.17) is 0 Å². The van der Waals surface area contributed by atoms with Gasteiger partial charge < -0.3 is 73.3 Å². The van der Waals surface area contributed by atoms with Crippen molar-refractivity contribution in [3.8, 4) is 0 Å². The van der Waals surface area contributed by atoms with E-state index in [0.29, 0.717) is 22.7 Å². The summed E-state index contributed by atoms with van der Waals surface area (Å²) in [5.74, 6) is -9.36.